The fraction of sp³-hybridized carbons (Fsp3) is 0.857. The molecule has 4 aliphatic carbocycles. The lowest BCUT2D eigenvalue weighted by Crippen LogP contribution is -2.56. The van der Waals surface area contributed by atoms with E-state index in [1.165, 1.54) is 0 Å². The van der Waals surface area contributed by atoms with Gasteiger partial charge in [-0.2, -0.15) is 0 Å². The van der Waals surface area contributed by atoms with Crippen LogP contribution >= 0.6 is 0 Å². The van der Waals surface area contributed by atoms with Gasteiger partial charge in [0, 0.05) is 30.7 Å². The number of carbonyl (C=O) groups excluding carboxylic acids is 2. The summed E-state index contributed by atoms with van der Waals surface area (Å²) in [6.07, 6.45) is 7.13. The molecule has 5 nitrogen and oxygen atoms in total. The van der Waals surface area contributed by atoms with Crippen LogP contribution in [0.5, 0.6) is 0 Å². The Balaban J connectivity index is 1.57. The molecule has 4 fully saturated rings. The van der Waals surface area contributed by atoms with Gasteiger partial charge in [0.15, 0.2) is 0 Å². The zero-order valence-electron chi connectivity index (χ0n) is 16.1. The van der Waals surface area contributed by atoms with Crippen molar-refractivity contribution in [2.75, 3.05) is 13.2 Å². The fourth-order valence-corrected chi connectivity index (χ4v) is 6.89. The molecule has 144 valence electrons. The van der Waals surface area contributed by atoms with Gasteiger partial charge in [0.1, 0.15) is 18.2 Å². The largest absolute Gasteiger partial charge is 0.395 e. The van der Waals surface area contributed by atoms with Gasteiger partial charge in [0.2, 0.25) is 0 Å². The van der Waals surface area contributed by atoms with Crippen LogP contribution in [0.15, 0.2) is 5.16 Å². The third kappa shape index (κ3) is 2.57. The van der Waals surface area contributed by atoms with Crippen LogP contribution in [-0.2, 0) is 14.4 Å². The standard InChI is InChI=1S/C21H32N2O3/c1-20-7-5-13(23-26-10-9-22)11-17(20)18(24)12-14-15-3-4-19(25)21(15,2)8-6-16(14)20/h14-17H,3-12,22H2,1-2H3/b23-13-/t14?,15?,16?,17-,20-,21+/m1/s1. The Morgan fingerprint density at radius 2 is 1.92 bits per heavy atom. The zero-order valence-corrected chi connectivity index (χ0v) is 16.1. The SMILES string of the molecule is C[C@]12CCC3C(CC(=O)[C@H]4C/C(=N\OCCN)CC[C@]34C)C1CCC2=O. The van der Waals surface area contributed by atoms with Crippen LogP contribution in [0.4, 0.5) is 0 Å². The molecule has 4 rings (SSSR count). The van der Waals surface area contributed by atoms with E-state index in [0.717, 1.165) is 44.2 Å². The van der Waals surface area contributed by atoms with Gasteiger partial charge in [-0.05, 0) is 61.7 Å². The quantitative estimate of drug-likeness (QED) is 0.619. The Morgan fingerprint density at radius 1 is 1.12 bits per heavy atom. The highest BCUT2D eigenvalue weighted by atomic mass is 16.6. The van der Waals surface area contributed by atoms with Crippen molar-refractivity contribution in [1.82, 2.24) is 0 Å². The summed E-state index contributed by atoms with van der Waals surface area (Å²) in [7, 11) is 0. The number of nitrogens with zero attached hydrogens (tertiary/aromatic N) is 1. The average molecular weight is 360 g/mol. The third-order valence-electron chi connectivity index (χ3n) is 8.41. The van der Waals surface area contributed by atoms with Crippen molar-refractivity contribution in [3.63, 3.8) is 0 Å². The molecular formula is C21H32N2O3. The van der Waals surface area contributed by atoms with Crippen LogP contribution in [-0.4, -0.2) is 30.4 Å². The molecule has 0 aromatic rings. The maximum absolute atomic E-state index is 13.1. The number of carbonyl (C=O) groups is 2. The third-order valence-corrected chi connectivity index (χ3v) is 8.41. The molecule has 0 amide bonds. The Bertz CT molecular complexity index is 645. The molecule has 2 N–H and O–H groups in total. The van der Waals surface area contributed by atoms with E-state index in [-0.39, 0.29) is 16.7 Å². The van der Waals surface area contributed by atoms with E-state index < -0.39 is 0 Å². The Morgan fingerprint density at radius 3 is 2.69 bits per heavy atom. The molecular weight excluding hydrogens is 328 g/mol. The van der Waals surface area contributed by atoms with E-state index in [1.807, 2.05) is 0 Å². The maximum Gasteiger partial charge on any atom is 0.139 e. The van der Waals surface area contributed by atoms with Crippen molar-refractivity contribution in [2.45, 2.75) is 65.2 Å². The van der Waals surface area contributed by atoms with Gasteiger partial charge in [-0.3, -0.25) is 9.59 Å². The second-order valence-electron chi connectivity index (χ2n) is 9.51. The molecule has 0 bridgehead atoms. The summed E-state index contributed by atoms with van der Waals surface area (Å²) < 4.78 is 0. The van der Waals surface area contributed by atoms with E-state index >= 15 is 0 Å². The molecule has 0 aromatic carbocycles. The van der Waals surface area contributed by atoms with Crippen LogP contribution in [0.3, 0.4) is 0 Å². The number of hydrogen-bond donors (Lipinski definition) is 1. The second kappa shape index (κ2) is 6.43. The number of Topliss-reactive ketones (excluding diaryl/α,β-unsaturated/α-hetero) is 2. The minimum absolute atomic E-state index is 0.0554. The Hall–Kier alpha value is -1.23. The highest BCUT2D eigenvalue weighted by Crippen LogP contribution is 2.64. The number of rotatable bonds is 3. The summed E-state index contributed by atoms with van der Waals surface area (Å²) in [5.74, 6) is 2.29. The molecule has 0 saturated heterocycles. The summed E-state index contributed by atoms with van der Waals surface area (Å²) >= 11 is 0. The summed E-state index contributed by atoms with van der Waals surface area (Å²) in [4.78, 5) is 30.9. The summed E-state index contributed by atoms with van der Waals surface area (Å²) in [6.45, 7) is 5.39. The lowest BCUT2D eigenvalue weighted by atomic mass is 9.45. The van der Waals surface area contributed by atoms with Crippen LogP contribution in [0, 0.1) is 34.5 Å². The van der Waals surface area contributed by atoms with E-state index in [1.54, 1.807) is 0 Å². The molecule has 0 aromatic heterocycles. The van der Waals surface area contributed by atoms with E-state index in [2.05, 4.69) is 19.0 Å². The van der Waals surface area contributed by atoms with Gasteiger partial charge in [-0.15, -0.1) is 0 Å². The molecule has 6 atom stereocenters. The van der Waals surface area contributed by atoms with Crippen LogP contribution < -0.4 is 5.73 Å². The molecule has 0 aliphatic heterocycles. The van der Waals surface area contributed by atoms with Gasteiger partial charge in [0.25, 0.3) is 0 Å². The van der Waals surface area contributed by atoms with Crippen molar-refractivity contribution >= 4 is 17.3 Å². The Kier molecular flexibility index (Phi) is 4.49. The molecule has 0 spiro atoms. The number of oxime groups is 1. The predicted octanol–water partition coefficient (Wildman–Crippen LogP) is 3.11. The van der Waals surface area contributed by atoms with Crippen LogP contribution in [0.1, 0.15) is 65.2 Å². The van der Waals surface area contributed by atoms with E-state index in [4.69, 9.17) is 10.6 Å². The molecule has 0 heterocycles. The lowest BCUT2D eigenvalue weighted by molar-refractivity contribution is -0.152. The monoisotopic (exact) mass is 360 g/mol. The normalized spacial score (nSPS) is 46.7. The molecule has 26 heavy (non-hydrogen) atoms. The lowest BCUT2D eigenvalue weighted by Gasteiger charge is -2.58. The number of nitrogens with two attached hydrogens (primary N) is 1. The number of ketones is 2. The van der Waals surface area contributed by atoms with E-state index in [0.29, 0.717) is 55.3 Å². The topological polar surface area (TPSA) is 81.8 Å². The van der Waals surface area contributed by atoms with Crippen molar-refractivity contribution in [2.24, 2.45) is 45.4 Å². The predicted molar refractivity (Wildman–Crippen MR) is 99.6 cm³/mol. The van der Waals surface area contributed by atoms with E-state index in [9.17, 15) is 9.59 Å². The molecule has 0 radical (unpaired) electrons. The average Bonchev–Trinajstić information content (AvgIpc) is 2.92. The smallest absolute Gasteiger partial charge is 0.139 e. The van der Waals surface area contributed by atoms with Crippen molar-refractivity contribution < 1.29 is 14.4 Å². The summed E-state index contributed by atoms with van der Waals surface area (Å²) in [5, 5.41) is 4.25. The number of hydrogen-bond acceptors (Lipinski definition) is 5. The second-order valence-corrected chi connectivity index (χ2v) is 9.51. The van der Waals surface area contributed by atoms with Crippen LogP contribution in [0.2, 0.25) is 0 Å². The highest BCUT2D eigenvalue weighted by Gasteiger charge is 2.62. The minimum Gasteiger partial charge on any atom is -0.395 e. The van der Waals surface area contributed by atoms with Gasteiger partial charge >= 0.3 is 0 Å². The van der Waals surface area contributed by atoms with Crippen LogP contribution in [0.25, 0.3) is 0 Å². The Labute approximate surface area is 156 Å². The first-order valence-corrected chi connectivity index (χ1v) is 10.3. The first-order chi connectivity index (χ1) is 12.4. The molecule has 5 heteroatoms. The van der Waals surface area contributed by atoms with Gasteiger partial charge < -0.3 is 10.6 Å². The minimum atomic E-state index is -0.165. The zero-order chi connectivity index (χ0) is 18.5. The molecule has 4 saturated carbocycles. The van der Waals surface area contributed by atoms with Crippen molar-refractivity contribution in [3.05, 3.63) is 0 Å². The van der Waals surface area contributed by atoms with Gasteiger partial charge in [-0.25, -0.2) is 0 Å². The van der Waals surface area contributed by atoms with Gasteiger partial charge in [0.05, 0.1) is 5.71 Å². The molecule has 3 unspecified atom stereocenters. The number of fused-ring (bicyclic) bond motifs is 5. The fourth-order valence-electron chi connectivity index (χ4n) is 6.89. The maximum atomic E-state index is 13.1. The molecule has 4 aliphatic rings. The first-order valence-electron chi connectivity index (χ1n) is 10.3. The summed E-state index contributed by atoms with van der Waals surface area (Å²) in [6, 6.07) is 0. The van der Waals surface area contributed by atoms with Crippen molar-refractivity contribution in [1.29, 1.82) is 0 Å². The van der Waals surface area contributed by atoms with Crippen molar-refractivity contribution in [3.8, 4) is 0 Å². The summed E-state index contributed by atoms with van der Waals surface area (Å²) in [5.41, 5.74) is 6.37. The van der Waals surface area contributed by atoms with Gasteiger partial charge in [-0.1, -0.05) is 19.0 Å². The first kappa shape index (κ1) is 18.1. The highest BCUT2D eigenvalue weighted by molar-refractivity contribution is 5.93.